The number of carbonyl (C=O) groups is 1. The zero-order valence-corrected chi connectivity index (χ0v) is 10.6. The molecule has 4 nitrogen and oxygen atoms in total. The van der Waals surface area contributed by atoms with Gasteiger partial charge in [0.2, 0.25) is 0 Å². The van der Waals surface area contributed by atoms with E-state index in [-0.39, 0.29) is 6.42 Å². The molecule has 2 rings (SSSR count). The number of carboxylic acids is 1. The average Bonchev–Trinajstić information content (AvgIpc) is 2.69. The molecule has 94 valence electrons. The molecule has 4 heteroatoms. The van der Waals surface area contributed by atoms with Crippen LogP contribution in [0.4, 0.5) is 0 Å². The van der Waals surface area contributed by atoms with Crippen molar-refractivity contribution in [3.63, 3.8) is 0 Å². The molecular weight excluding hydrogens is 228 g/mol. The van der Waals surface area contributed by atoms with Crippen LogP contribution in [0.2, 0.25) is 0 Å². The molecule has 0 saturated heterocycles. The Hall–Kier alpha value is -2.10. The predicted molar refractivity (Wildman–Crippen MR) is 69.3 cm³/mol. The Balaban J connectivity index is 2.30. The molecule has 0 bridgehead atoms. The summed E-state index contributed by atoms with van der Waals surface area (Å²) in [5, 5.41) is 13.0. The molecule has 0 aliphatic rings. The number of aromatic nitrogens is 2. The molecule has 0 atom stereocenters. The lowest BCUT2D eigenvalue weighted by atomic mass is 10.1. The van der Waals surface area contributed by atoms with Crippen LogP contribution >= 0.6 is 0 Å². The lowest BCUT2D eigenvalue weighted by Gasteiger charge is -2.04. The van der Waals surface area contributed by atoms with Gasteiger partial charge in [-0.15, -0.1) is 0 Å². The zero-order valence-electron chi connectivity index (χ0n) is 10.6. The second-order valence-electron chi connectivity index (χ2n) is 4.35. The quantitative estimate of drug-likeness (QED) is 0.898. The lowest BCUT2D eigenvalue weighted by Crippen LogP contribution is -1.99. The summed E-state index contributed by atoms with van der Waals surface area (Å²) in [5.41, 5.74) is 4.16. The first-order valence-corrected chi connectivity index (χ1v) is 5.88. The van der Waals surface area contributed by atoms with E-state index in [9.17, 15) is 4.79 Å². The van der Waals surface area contributed by atoms with Crippen LogP contribution in [-0.2, 0) is 18.3 Å². The maximum atomic E-state index is 10.6. The largest absolute Gasteiger partial charge is 0.481 e. The van der Waals surface area contributed by atoms with Crippen molar-refractivity contribution in [2.45, 2.75) is 19.8 Å². The second-order valence-corrected chi connectivity index (χ2v) is 4.35. The van der Waals surface area contributed by atoms with Crippen LogP contribution in [0.5, 0.6) is 0 Å². The molecule has 1 aromatic carbocycles. The van der Waals surface area contributed by atoms with Crippen molar-refractivity contribution in [3.8, 4) is 11.3 Å². The maximum absolute atomic E-state index is 10.6. The number of benzene rings is 1. The summed E-state index contributed by atoms with van der Waals surface area (Å²) in [5.74, 6) is -0.793. The molecule has 0 spiro atoms. The monoisotopic (exact) mass is 244 g/mol. The minimum absolute atomic E-state index is 0.115. The molecule has 1 aromatic heterocycles. The SMILES string of the molecule is Cc1ccccc1-c1cc(CCC(=O)O)nn1C. The third-order valence-corrected chi connectivity index (χ3v) is 2.95. The molecule has 0 aliphatic carbocycles. The normalized spacial score (nSPS) is 10.6. The van der Waals surface area contributed by atoms with Crippen molar-refractivity contribution < 1.29 is 9.90 Å². The van der Waals surface area contributed by atoms with Gasteiger partial charge in [0.05, 0.1) is 17.8 Å². The number of rotatable bonds is 4. The van der Waals surface area contributed by atoms with Crippen molar-refractivity contribution in [2.24, 2.45) is 7.05 Å². The van der Waals surface area contributed by atoms with Gasteiger partial charge in [-0.3, -0.25) is 9.48 Å². The summed E-state index contributed by atoms with van der Waals surface area (Å²) in [6, 6.07) is 10.1. The molecule has 0 saturated carbocycles. The summed E-state index contributed by atoms with van der Waals surface area (Å²) in [6.45, 7) is 2.05. The van der Waals surface area contributed by atoms with Gasteiger partial charge in [0.1, 0.15) is 0 Å². The average molecular weight is 244 g/mol. The lowest BCUT2D eigenvalue weighted by molar-refractivity contribution is -0.136. The Bertz CT molecular complexity index is 573. The summed E-state index contributed by atoms with van der Waals surface area (Å²) in [6.07, 6.45) is 0.583. The molecule has 0 unspecified atom stereocenters. The highest BCUT2D eigenvalue weighted by atomic mass is 16.4. The molecule has 0 amide bonds. The number of hydrogen-bond acceptors (Lipinski definition) is 2. The van der Waals surface area contributed by atoms with Crippen LogP contribution in [0.1, 0.15) is 17.7 Å². The van der Waals surface area contributed by atoms with Crippen LogP contribution in [0.25, 0.3) is 11.3 Å². The highest BCUT2D eigenvalue weighted by Crippen LogP contribution is 2.23. The minimum Gasteiger partial charge on any atom is -0.481 e. The van der Waals surface area contributed by atoms with Crippen LogP contribution in [0, 0.1) is 6.92 Å². The van der Waals surface area contributed by atoms with Crippen LogP contribution in [-0.4, -0.2) is 20.9 Å². The van der Waals surface area contributed by atoms with Gasteiger partial charge >= 0.3 is 5.97 Å². The van der Waals surface area contributed by atoms with E-state index >= 15 is 0 Å². The van der Waals surface area contributed by atoms with E-state index in [4.69, 9.17) is 5.11 Å². The van der Waals surface area contributed by atoms with Crippen LogP contribution in [0.15, 0.2) is 30.3 Å². The van der Waals surface area contributed by atoms with E-state index in [1.807, 2.05) is 31.3 Å². The van der Waals surface area contributed by atoms with E-state index in [1.165, 1.54) is 5.56 Å². The smallest absolute Gasteiger partial charge is 0.303 e. The summed E-state index contributed by atoms with van der Waals surface area (Å²) >= 11 is 0. The van der Waals surface area contributed by atoms with Gasteiger partial charge in [-0.2, -0.15) is 5.10 Å². The van der Waals surface area contributed by atoms with Gasteiger partial charge in [-0.1, -0.05) is 24.3 Å². The summed E-state index contributed by atoms with van der Waals surface area (Å²) in [4.78, 5) is 10.6. The number of aryl methyl sites for hydroxylation is 3. The molecular formula is C14H16N2O2. The number of aliphatic carboxylic acids is 1. The van der Waals surface area contributed by atoms with Crippen LogP contribution < -0.4 is 0 Å². The fourth-order valence-electron chi connectivity index (χ4n) is 2.00. The Morgan fingerprint density at radius 1 is 1.39 bits per heavy atom. The first-order valence-electron chi connectivity index (χ1n) is 5.88. The number of hydrogen-bond donors (Lipinski definition) is 1. The van der Waals surface area contributed by atoms with Crippen molar-refractivity contribution >= 4 is 5.97 Å². The third kappa shape index (κ3) is 2.59. The van der Waals surface area contributed by atoms with Crippen molar-refractivity contribution in [1.82, 2.24) is 9.78 Å². The first kappa shape index (κ1) is 12.4. The van der Waals surface area contributed by atoms with Gasteiger partial charge in [0.15, 0.2) is 0 Å². The fourth-order valence-corrected chi connectivity index (χ4v) is 2.00. The van der Waals surface area contributed by atoms with Gasteiger partial charge in [0.25, 0.3) is 0 Å². The number of nitrogens with zero attached hydrogens (tertiary/aromatic N) is 2. The summed E-state index contributed by atoms with van der Waals surface area (Å²) < 4.78 is 1.81. The van der Waals surface area contributed by atoms with Gasteiger partial charge in [-0.25, -0.2) is 0 Å². The van der Waals surface area contributed by atoms with E-state index in [0.717, 1.165) is 17.0 Å². The van der Waals surface area contributed by atoms with Crippen molar-refractivity contribution in [3.05, 3.63) is 41.6 Å². The summed E-state index contributed by atoms with van der Waals surface area (Å²) in [7, 11) is 1.88. The van der Waals surface area contributed by atoms with Crippen molar-refractivity contribution in [2.75, 3.05) is 0 Å². The zero-order chi connectivity index (χ0) is 13.1. The number of carboxylic acid groups (broad SMARTS) is 1. The van der Waals surface area contributed by atoms with E-state index in [0.29, 0.717) is 6.42 Å². The van der Waals surface area contributed by atoms with E-state index < -0.39 is 5.97 Å². The molecule has 18 heavy (non-hydrogen) atoms. The topological polar surface area (TPSA) is 55.1 Å². The molecule has 0 aliphatic heterocycles. The van der Waals surface area contributed by atoms with Crippen molar-refractivity contribution in [1.29, 1.82) is 0 Å². The highest BCUT2D eigenvalue weighted by Gasteiger charge is 2.10. The first-order chi connectivity index (χ1) is 8.58. The Morgan fingerprint density at radius 3 is 2.78 bits per heavy atom. The molecule has 1 heterocycles. The van der Waals surface area contributed by atoms with E-state index in [2.05, 4.69) is 18.1 Å². The Morgan fingerprint density at radius 2 is 2.11 bits per heavy atom. The molecule has 1 N–H and O–H groups in total. The minimum atomic E-state index is -0.793. The van der Waals surface area contributed by atoms with Gasteiger partial charge in [-0.05, 0) is 18.6 Å². The highest BCUT2D eigenvalue weighted by molar-refractivity contribution is 5.67. The standard InChI is InChI=1S/C14H16N2O2/c1-10-5-3-4-6-12(10)13-9-11(15-16(13)2)7-8-14(17)18/h3-6,9H,7-8H2,1-2H3,(H,17,18). The van der Waals surface area contributed by atoms with Gasteiger partial charge < -0.3 is 5.11 Å². The molecule has 0 fully saturated rings. The second kappa shape index (κ2) is 5.04. The maximum Gasteiger partial charge on any atom is 0.303 e. The third-order valence-electron chi connectivity index (χ3n) is 2.95. The molecule has 2 aromatic rings. The Labute approximate surface area is 106 Å². The molecule has 0 radical (unpaired) electrons. The predicted octanol–water partition coefficient (Wildman–Crippen LogP) is 2.41. The Kier molecular flexibility index (Phi) is 3.46. The van der Waals surface area contributed by atoms with E-state index in [1.54, 1.807) is 4.68 Å². The van der Waals surface area contributed by atoms with Crippen LogP contribution in [0.3, 0.4) is 0 Å². The van der Waals surface area contributed by atoms with Gasteiger partial charge in [0, 0.05) is 19.0 Å². The fraction of sp³-hybridized carbons (Fsp3) is 0.286.